The van der Waals surface area contributed by atoms with Gasteiger partial charge in [0.05, 0.1) is 5.75 Å². The summed E-state index contributed by atoms with van der Waals surface area (Å²) in [5.41, 5.74) is -3.57. The van der Waals surface area contributed by atoms with Gasteiger partial charge in [0.25, 0.3) is 0 Å². The van der Waals surface area contributed by atoms with Gasteiger partial charge in [0.15, 0.2) is 5.78 Å². The zero-order valence-electron chi connectivity index (χ0n) is 8.20. The minimum absolute atomic E-state index is 0.324. The Labute approximate surface area is 95.3 Å². The lowest BCUT2D eigenvalue weighted by Crippen LogP contribution is -2.06. The van der Waals surface area contributed by atoms with Crippen molar-refractivity contribution in [3.63, 3.8) is 0 Å². The zero-order valence-corrected chi connectivity index (χ0v) is 9.02. The molecule has 0 amide bonds. The third-order valence-corrected chi connectivity index (χ3v) is 2.40. The Morgan fingerprint density at radius 3 is 2.44 bits per heavy atom. The first-order valence-electron chi connectivity index (χ1n) is 4.44. The molecular weight excluding hydrogens is 237 g/mol. The maximum Gasteiger partial charge on any atom is 0.442 e. The average Bonchev–Trinajstić information content (AvgIpc) is 2.24. The minimum Gasteiger partial charge on any atom is -0.294 e. The van der Waals surface area contributed by atoms with Crippen molar-refractivity contribution in [2.75, 3.05) is 5.75 Å². The Hall–Kier alpha value is -1.23. The van der Waals surface area contributed by atoms with Crippen molar-refractivity contribution in [2.45, 2.75) is 5.51 Å². The Bertz CT molecular complexity index is 371. The van der Waals surface area contributed by atoms with Crippen LogP contribution < -0.4 is 0 Å². The lowest BCUT2D eigenvalue weighted by atomic mass is 10.2. The molecule has 0 fully saturated rings. The molecule has 0 spiro atoms. The normalized spacial score (nSPS) is 11.9. The summed E-state index contributed by atoms with van der Waals surface area (Å²) in [6.07, 6.45) is 2.66. The van der Waals surface area contributed by atoms with Crippen molar-refractivity contribution in [1.29, 1.82) is 0 Å². The molecule has 0 aliphatic rings. The van der Waals surface area contributed by atoms with Gasteiger partial charge in [-0.25, -0.2) is 0 Å². The first-order valence-corrected chi connectivity index (χ1v) is 5.42. The van der Waals surface area contributed by atoms with Crippen LogP contribution in [-0.2, 0) is 4.79 Å². The quantitative estimate of drug-likeness (QED) is 0.756. The van der Waals surface area contributed by atoms with Gasteiger partial charge in [0.2, 0.25) is 0 Å². The summed E-state index contributed by atoms with van der Waals surface area (Å²) in [6, 6.07) is 8.92. The molecule has 0 atom stereocenters. The van der Waals surface area contributed by atoms with E-state index in [-0.39, 0.29) is 11.8 Å². The van der Waals surface area contributed by atoms with Gasteiger partial charge in [-0.1, -0.05) is 36.4 Å². The number of carbonyl (C=O) groups is 1. The molecule has 0 heterocycles. The van der Waals surface area contributed by atoms with E-state index in [1.807, 2.05) is 6.07 Å². The SMILES string of the molecule is O=C(/C=C/c1ccccc1)CSC(F)(F)F. The summed E-state index contributed by atoms with van der Waals surface area (Å²) < 4.78 is 35.3. The van der Waals surface area contributed by atoms with Gasteiger partial charge in [-0.15, -0.1) is 0 Å². The van der Waals surface area contributed by atoms with Crippen LogP contribution in [0.25, 0.3) is 6.08 Å². The smallest absolute Gasteiger partial charge is 0.294 e. The van der Waals surface area contributed by atoms with Crippen LogP contribution in [0.15, 0.2) is 36.4 Å². The van der Waals surface area contributed by atoms with E-state index in [9.17, 15) is 18.0 Å². The molecule has 0 N–H and O–H groups in total. The molecule has 0 aliphatic carbocycles. The minimum atomic E-state index is -4.35. The fraction of sp³-hybridized carbons (Fsp3) is 0.182. The van der Waals surface area contributed by atoms with Gasteiger partial charge in [0, 0.05) is 0 Å². The Kier molecular flexibility index (Phi) is 4.61. The second-order valence-electron chi connectivity index (χ2n) is 2.94. The van der Waals surface area contributed by atoms with Crippen molar-refractivity contribution in [2.24, 2.45) is 0 Å². The summed E-state index contributed by atoms with van der Waals surface area (Å²) in [4.78, 5) is 11.1. The van der Waals surface area contributed by atoms with E-state index >= 15 is 0 Å². The predicted molar refractivity (Wildman–Crippen MR) is 59.0 cm³/mol. The van der Waals surface area contributed by atoms with Gasteiger partial charge in [-0.2, -0.15) is 13.2 Å². The molecule has 0 saturated heterocycles. The molecule has 0 saturated carbocycles. The first kappa shape index (κ1) is 12.8. The number of rotatable bonds is 4. The van der Waals surface area contributed by atoms with Crippen molar-refractivity contribution in [3.8, 4) is 0 Å². The van der Waals surface area contributed by atoms with Crippen LogP contribution in [0, 0.1) is 0 Å². The summed E-state index contributed by atoms with van der Waals surface area (Å²) in [7, 11) is 0. The molecule has 16 heavy (non-hydrogen) atoms. The summed E-state index contributed by atoms with van der Waals surface area (Å²) in [5, 5.41) is 0. The van der Waals surface area contributed by atoms with E-state index in [1.165, 1.54) is 6.08 Å². The number of alkyl halides is 3. The first-order chi connectivity index (χ1) is 7.47. The molecule has 5 heteroatoms. The molecule has 0 aliphatic heterocycles. The highest BCUT2D eigenvalue weighted by molar-refractivity contribution is 8.00. The van der Waals surface area contributed by atoms with Crippen molar-refractivity contribution in [3.05, 3.63) is 42.0 Å². The van der Waals surface area contributed by atoms with Gasteiger partial charge in [-0.05, 0) is 23.4 Å². The van der Waals surface area contributed by atoms with Gasteiger partial charge in [0.1, 0.15) is 0 Å². The number of allylic oxidation sites excluding steroid dienone is 1. The Morgan fingerprint density at radius 2 is 1.88 bits per heavy atom. The number of thioether (sulfide) groups is 1. The maximum absolute atomic E-state index is 11.8. The van der Waals surface area contributed by atoms with Gasteiger partial charge in [-0.3, -0.25) is 4.79 Å². The monoisotopic (exact) mass is 246 g/mol. The molecule has 1 nitrogen and oxygen atoms in total. The second-order valence-corrected chi connectivity index (χ2v) is 3.99. The highest BCUT2D eigenvalue weighted by Crippen LogP contribution is 2.29. The van der Waals surface area contributed by atoms with E-state index in [0.717, 1.165) is 11.6 Å². The molecule has 1 aromatic rings. The van der Waals surface area contributed by atoms with E-state index in [2.05, 4.69) is 0 Å². The third-order valence-electron chi connectivity index (χ3n) is 1.64. The van der Waals surface area contributed by atoms with Crippen molar-refractivity contribution >= 4 is 23.6 Å². The molecule has 0 bridgehead atoms. The number of benzene rings is 1. The number of carbonyl (C=O) groups excluding carboxylic acids is 1. The second kappa shape index (κ2) is 5.75. The Balaban J connectivity index is 2.43. The number of ketones is 1. The number of hydrogen-bond acceptors (Lipinski definition) is 2. The van der Waals surface area contributed by atoms with E-state index in [4.69, 9.17) is 0 Å². The molecular formula is C11H9F3OS. The van der Waals surface area contributed by atoms with Crippen LogP contribution in [0.4, 0.5) is 13.2 Å². The van der Waals surface area contributed by atoms with Gasteiger partial charge >= 0.3 is 5.51 Å². The largest absolute Gasteiger partial charge is 0.442 e. The molecule has 1 rings (SSSR count). The maximum atomic E-state index is 11.8. The topological polar surface area (TPSA) is 17.1 Å². The molecule has 0 radical (unpaired) electrons. The van der Waals surface area contributed by atoms with Crippen LogP contribution in [0.5, 0.6) is 0 Å². The summed E-state index contributed by atoms with van der Waals surface area (Å²) in [6.45, 7) is 0. The standard InChI is InChI=1S/C11H9F3OS/c12-11(13,14)16-8-10(15)7-6-9-4-2-1-3-5-9/h1-7H,8H2/b7-6+. The van der Waals surface area contributed by atoms with Crippen LogP contribution in [0.3, 0.4) is 0 Å². The number of hydrogen-bond donors (Lipinski definition) is 0. The molecule has 86 valence electrons. The van der Waals surface area contributed by atoms with E-state index in [1.54, 1.807) is 24.3 Å². The fourth-order valence-corrected chi connectivity index (χ4v) is 1.36. The van der Waals surface area contributed by atoms with Crippen LogP contribution in [-0.4, -0.2) is 17.0 Å². The lowest BCUT2D eigenvalue weighted by Gasteiger charge is -2.02. The van der Waals surface area contributed by atoms with E-state index in [0.29, 0.717) is 0 Å². The molecule has 0 unspecified atom stereocenters. The third kappa shape index (κ3) is 5.60. The highest BCUT2D eigenvalue weighted by Gasteiger charge is 2.28. The predicted octanol–water partition coefficient (Wildman–Crippen LogP) is 3.52. The fourth-order valence-electron chi connectivity index (χ4n) is 0.954. The summed E-state index contributed by atoms with van der Waals surface area (Å²) in [5.74, 6) is -1.13. The zero-order chi connectivity index (χ0) is 12.0. The van der Waals surface area contributed by atoms with Crippen molar-refractivity contribution in [1.82, 2.24) is 0 Å². The number of halogens is 3. The van der Waals surface area contributed by atoms with Crippen LogP contribution in [0.2, 0.25) is 0 Å². The Morgan fingerprint density at radius 1 is 1.25 bits per heavy atom. The average molecular weight is 246 g/mol. The lowest BCUT2D eigenvalue weighted by molar-refractivity contribution is -0.112. The van der Waals surface area contributed by atoms with Crippen LogP contribution in [0.1, 0.15) is 5.56 Å². The van der Waals surface area contributed by atoms with Crippen molar-refractivity contribution < 1.29 is 18.0 Å². The van der Waals surface area contributed by atoms with E-state index < -0.39 is 17.0 Å². The summed E-state index contributed by atoms with van der Waals surface area (Å²) >= 11 is -0.324. The van der Waals surface area contributed by atoms with Gasteiger partial charge < -0.3 is 0 Å². The molecule has 1 aromatic carbocycles. The molecule has 0 aromatic heterocycles. The van der Waals surface area contributed by atoms with Crippen LogP contribution >= 0.6 is 11.8 Å². The highest BCUT2D eigenvalue weighted by atomic mass is 32.2.